The van der Waals surface area contributed by atoms with E-state index in [4.69, 9.17) is 0 Å². The maximum Gasteiger partial charge on any atom is 0.314 e. The van der Waals surface area contributed by atoms with Crippen LogP contribution in [0.1, 0.15) is 31.2 Å². The Morgan fingerprint density at radius 3 is 2.19 bits per heavy atom. The Kier molecular flexibility index (Phi) is 3.37. The van der Waals surface area contributed by atoms with E-state index < -0.39 is 21.4 Å². The Hall–Kier alpha value is -1.66. The van der Waals surface area contributed by atoms with Gasteiger partial charge >= 0.3 is 5.97 Å². The second-order valence-electron chi connectivity index (χ2n) is 5.67. The zero-order valence-corrected chi connectivity index (χ0v) is 12.3. The van der Waals surface area contributed by atoms with Crippen molar-refractivity contribution in [1.29, 1.82) is 0 Å². The minimum absolute atomic E-state index is 0.0801. The van der Waals surface area contributed by atoms with Crippen molar-refractivity contribution in [3.05, 3.63) is 42.0 Å². The van der Waals surface area contributed by atoms with Crippen molar-refractivity contribution in [3.63, 3.8) is 0 Å². The quantitative estimate of drug-likeness (QED) is 0.813. The first-order chi connectivity index (χ1) is 9.94. The van der Waals surface area contributed by atoms with E-state index in [1.807, 2.05) is 12.2 Å². The summed E-state index contributed by atoms with van der Waals surface area (Å²) in [6.45, 7) is 0. The van der Waals surface area contributed by atoms with Gasteiger partial charge in [0.25, 0.3) is 0 Å². The summed E-state index contributed by atoms with van der Waals surface area (Å²) in [5.74, 6) is -0.840. The SMILES string of the molecule is O=C(O)C1(c2ccc(S(=O)(=O)NC3CC=CC3)cc2)CC1. The van der Waals surface area contributed by atoms with Crippen LogP contribution in [0.2, 0.25) is 0 Å². The first-order valence-electron chi connectivity index (χ1n) is 6.95. The third kappa shape index (κ3) is 2.61. The molecule has 1 fully saturated rings. The van der Waals surface area contributed by atoms with Gasteiger partial charge in [-0.3, -0.25) is 4.79 Å². The molecule has 112 valence electrons. The van der Waals surface area contributed by atoms with Crippen LogP contribution in [0.5, 0.6) is 0 Å². The van der Waals surface area contributed by atoms with Gasteiger partial charge in [-0.15, -0.1) is 0 Å². The van der Waals surface area contributed by atoms with E-state index in [9.17, 15) is 18.3 Å². The fraction of sp³-hybridized carbons (Fsp3) is 0.400. The normalized spacial score (nSPS) is 20.6. The van der Waals surface area contributed by atoms with Gasteiger partial charge in [0.2, 0.25) is 10.0 Å². The maximum atomic E-state index is 12.2. The van der Waals surface area contributed by atoms with Gasteiger partial charge < -0.3 is 5.11 Å². The molecule has 1 aromatic carbocycles. The molecule has 0 aromatic heterocycles. The third-order valence-corrected chi connectivity index (χ3v) is 5.74. The smallest absolute Gasteiger partial charge is 0.314 e. The number of carboxylic acid groups (broad SMARTS) is 1. The highest BCUT2D eigenvalue weighted by atomic mass is 32.2. The molecular formula is C15H17NO4S. The minimum Gasteiger partial charge on any atom is -0.481 e. The number of nitrogens with one attached hydrogen (secondary N) is 1. The summed E-state index contributed by atoms with van der Waals surface area (Å²) in [6.07, 6.45) is 6.56. The van der Waals surface area contributed by atoms with Crippen molar-refractivity contribution in [2.24, 2.45) is 0 Å². The molecule has 0 saturated heterocycles. The van der Waals surface area contributed by atoms with Crippen molar-refractivity contribution < 1.29 is 18.3 Å². The van der Waals surface area contributed by atoms with E-state index in [1.54, 1.807) is 12.1 Å². The highest BCUT2D eigenvalue weighted by Gasteiger charge is 2.51. The number of rotatable bonds is 5. The fourth-order valence-corrected chi connectivity index (χ4v) is 3.97. The van der Waals surface area contributed by atoms with Gasteiger partial charge in [0.15, 0.2) is 0 Å². The van der Waals surface area contributed by atoms with Crippen molar-refractivity contribution in [3.8, 4) is 0 Å². The summed E-state index contributed by atoms with van der Waals surface area (Å²) in [5.41, 5.74) is -0.123. The zero-order valence-electron chi connectivity index (χ0n) is 11.5. The lowest BCUT2D eigenvalue weighted by atomic mass is 9.96. The molecule has 0 radical (unpaired) electrons. The summed E-state index contributed by atoms with van der Waals surface area (Å²) in [5, 5.41) is 9.24. The molecule has 0 spiro atoms. The van der Waals surface area contributed by atoms with E-state index in [1.165, 1.54) is 12.1 Å². The fourth-order valence-electron chi connectivity index (χ4n) is 2.71. The predicted octanol–water partition coefficient (Wildman–Crippen LogP) is 1.80. The van der Waals surface area contributed by atoms with E-state index in [0.717, 1.165) is 0 Å². The first-order valence-corrected chi connectivity index (χ1v) is 8.44. The molecule has 1 saturated carbocycles. The van der Waals surface area contributed by atoms with Gasteiger partial charge in [0, 0.05) is 6.04 Å². The van der Waals surface area contributed by atoms with Gasteiger partial charge in [-0.25, -0.2) is 13.1 Å². The van der Waals surface area contributed by atoms with E-state index in [2.05, 4.69) is 4.72 Å². The molecular weight excluding hydrogens is 290 g/mol. The molecule has 0 atom stereocenters. The Labute approximate surface area is 123 Å². The van der Waals surface area contributed by atoms with E-state index in [0.29, 0.717) is 31.2 Å². The number of carboxylic acids is 1. The second kappa shape index (κ2) is 4.96. The van der Waals surface area contributed by atoms with Crippen LogP contribution < -0.4 is 4.72 Å². The molecule has 1 aromatic rings. The number of benzene rings is 1. The lowest BCUT2D eigenvalue weighted by Crippen LogP contribution is -2.32. The van der Waals surface area contributed by atoms with Crippen LogP contribution in [-0.4, -0.2) is 25.5 Å². The summed E-state index contributed by atoms with van der Waals surface area (Å²) in [6, 6.07) is 6.13. The van der Waals surface area contributed by atoms with Crippen molar-refractivity contribution in [1.82, 2.24) is 4.72 Å². The largest absolute Gasteiger partial charge is 0.481 e. The molecule has 2 aliphatic carbocycles. The second-order valence-corrected chi connectivity index (χ2v) is 7.39. The Morgan fingerprint density at radius 1 is 1.14 bits per heavy atom. The van der Waals surface area contributed by atoms with Gasteiger partial charge in [-0.2, -0.15) is 0 Å². The zero-order chi connectivity index (χ0) is 15.1. The van der Waals surface area contributed by atoms with Crippen molar-refractivity contribution >= 4 is 16.0 Å². The average molecular weight is 307 g/mol. The molecule has 6 heteroatoms. The molecule has 0 aliphatic heterocycles. The topological polar surface area (TPSA) is 83.5 Å². The summed E-state index contributed by atoms with van der Waals surface area (Å²) < 4.78 is 27.1. The molecule has 2 N–H and O–H groups in total. The lowest BCUT2D eigenvalue weighted by Gasteiger charge is -2.14. The Balaban J connectivity index is 1.79. The molecule has 0 heterocycles. The first kappa shape index (κ1) is 14.3. The van der Waals surface area contributed by atoms with Gasteiger partial charge in [-0.05, 0) is 43.4 Å². The molecule has 0 unspecified atom stereocenters. The predicted molar refractivity (Wildman–Crippen MR) is 77.5 cm³/mol. The van der Waals surface area contributed by atoms with Crippen molar-refractivity contribution in [2.45, 2.75) is 42.0 Å². The number of carbonyl (C=O) groups is 1. The third-order valence-electron chi connectivity index (χ3n) is 4.21. The number of hydrogen-bond donors (Lipinski definition) is 2. The summed E-state index contributed by atoms with van der Waals surface area (Å²) in [7, 11) is -3.54. The number of sulfonamides is 1. The van der Waals surface area contributed by atoms with Crippen LogP contribution in [-0.2, 0) is 20.2 Å². The maximum absolute atomic E-state index is 12.2. The minimum atomic E-state index is -3.54. The van der Waals surface area contributed by atoms with E-state index >= 15 is 0 Å². The van der Waals surface area contributed by atoms with Crippen molar-refractivity contribution in [2.75, 3.05) is 0 Å². The lowest BCUT2D eigenvalue weighted by molar-refractivity contribution is -0.140. The molecule has 0 bridgehead atoms. The summed E-state index contributed by atoms with van der Waals surface area (Å²) in [4.78, 5) is 11.4. The highest BCUT2D eigenvalue weighted by molar-refractivity contribution is 7.89. The van der Waals surface area contributed by atoms with Crippen LogP contribution in [0.15, 0.2) is 41.3 Å². The average Bonchev–Trinajstić information content (AvgIpc) is 3.12. The van der Waals surface area contributed by atoms with Gasteiger partial charge in [0.05, 0.1) is 10.3 Å². The van der Waals surface area contributed by atoms with Crippen LogP contribution >= 0.6 is 0 Å². The van der Waals surface area contributed by atoms with Crippen LogP contribution in [0.4, 0.5) is 0 Å². The summed E-state index contributed by atoms with van der Waals surface area (Å²) >= 11 is 0. The molecule has 5 nitrogen and oxygen atoms in total. The molecule has 2 aliphatic rings. The van der Waals surface area contributed by atoms with Crippen LogP contribution in [0.3, 0.4) is 0 Å². The molecule has 0 amide bonds. The number of aliphatic carboxylic acids is 1. The van der Waals surface area contributed by atoms with Gasteiger partial charge in [0.1, 0.15) is 0 Å². The molecule has 3 rings (SSSR count). The van der Waals surface area contributed by atoms with Crippen LogP contribution in [0.25, 0.3) is 0 Å². The Morgan fingerprint density at radius 2 is 1.71 bits per heavy atom. The van der Waals surface area contributed by atoms with Crippen LogP contribution in [0, 0.1) is 0 Å². The molecule has 21 heavy (non-hydrogen) atoms. The van der Waals surface area contributed by atoms with E-state index in [-0.39, 0.29) is 10.9 Å². The monoisotopic (exact) mass is 307 g/mol. The number of hydrogen-bond acceptors (Lipinski definition) is 3. The highest BCUT2D eigenvalue weighted by Crippen LogP contribution is 2.48. The van der Waals surface area contributed by atoms with Gasteiger partial charge in [-0.1, -0.05) is 24.3 Å². The standard InChI is InChI=1S/C15H17NO4S/c17-14(18)15(9-10-15)11-5-7-13(8-6-11)21(19,20)16-12-3-1-2-4-12/h1-2,5-8,12,16H,3-4,9-10H2,(H,17,18). The Bertz CT molecular complexity index is 679.